The van der Waals surface area contributed by atoms with Crippen molar-refractivity contribution in [1.29, 1.82) is 0 Å². The van der Waals surface area contributed by atoms with Gasteiger partial charge in [-0.2, -0.15) is 5.10 Å². The highest BCUT2D eigenvalue weighted by Gasteiger charge is 2.17. The number of anilines is 1. The minimum Gasteiger partial charge on any atom is -0.289 e. The SMILES string of the molecule is Cc1cc(C)n2ncc(C(=O)Nc3ncn(Cc4ccccc4Cl)n3)c2n1. The summed E-state index contributed by atoms with van der Waals surface area (Å²) in [5.74, 6) is -0.159. The molecule has 1 aromatic carbocycles. The van der Waals surface area contributed by atoms with Crippen LogP contribution in [0.3, 0.4) is 0 Å². The van der Waals surface area contributed by atoms with Gasteiger partial charge in [0.05, 0.1) is 12.7 Å². The molecular weight excluding hydrogens is 366 g/mol. The molecule has 27 heavy (non-hydrogen) atoms. The number of carbonyl (C=O) groups is 1. The van der Waals surface area contributed by atoms with Crippen LogP contribution < -0.4 is 5.32 Å². The van der Waals surface area contributed by atoms with Crippen LogP contribution in [0.5, 0.6) is 0 Å². The molecule has 0 bridgehead atoms. The van der Waals surface area contributed by atoms with E-state index in [-0.39, 0.29) is 11.9 Å². The van der Waals surface area contributed by atoms with Gasteiger partial charge in [-0.05, 0) is 31.5 Å². The van der Waals surface area contributed by atoms with E-state index in [0.29, 0.717) is 22.8 Å². The van der Waals surface area contributed by atoms with E-state index in [9.17, 15) is 4.79 Å². The normalized spacial score (nSPS) is 11.1. The number of amides is 1. The Balaban J connectivity index is 1.54. The van der Waals surface area contributed by atoms with Crippen LogP contribution in [0.4, 0.5) is 5.95 Å². The van der Waals surface area contributed by atoms with Crippen molar-refractivity contribution in [3.8, 4) is 0 Å². The predicted molar refractivity (Wildman–Crippen MR) is 101 cm³/mol. The first-order valence-corrected chi connectivity index (χ1v) is 8.65. The summed E-state index contributed by atoms with van der Waals surface area (Å²) in [6.45, 7) is 4.24. The van der Waals surface area contributed by atoms with Gasteiger partial charge in [-0.15, -0.1) is 5.10 Å². The Morgan fingerprint density at radius 2 is 2.07 bits per heavy atom. The molecule has 8 nitrogen and oxygen atoms in total. The zero-order valence-corrected chi connectivity index (χ0v) is 15.5. The van der Waals surface area contributed by atoms with Gasteiger partial charge in [0.2, 0.25) is 5.95 Å². The zero-order chi connectivity index (χ0) is 19.0. The summed E-state index contributed by atoms with van der Waals surface area (Å²) in [7, 11) is 0. The number of fused-ring (bicyclic) bond motifs is 1. The molecule has 0 aliphatic carbocycles. The van der Waals surface area contributed by atoms with Crippen molar-refractivity contribution in [2.75, 3.05) is 5.32 Å². The molecule has 9 heteroatoms. The lowest BCUT2D eigenvalue weighted by Crippen LogP contribution is -2.14. The van der Waals surface area contributed by atoms with Crippen LogP contribution >= 0.6 is 11.6 Å². The Kier molecular flexibility index (Phi) is 4.33. The van der Waals surface area contributed by atoms with E-state index in [4.69, 9.17) is 11.6 Å². The van der Waals surface area contributed by atoms with Crippen molar-refractivity contribution in [1.82, 2.24) is 29.4 Å². The Labute approximate surface area is 159 Å². The van der Waals surface area contributed by atoms with Crippen LogP contribution in [-0.2, 0) is 6.54 Å². The number of rotatable bonds is 4. The van der Waals surface area contributed by atoms with Gasteiger partial charge >= 0.3 is 0 Å². The van der Waals surface area contributed by atoms with Crippen LogP contribution in [0.2, 0.25) is 5.02 Å². The molecule has 0 unspecified atom stereocenters. The summed E-state index contributed by atoms with van der Waals surface area (Å²) >= 11 is 6.17. The van der Waals surface area contributed by atoms with Crippen LogP contribution in [0.15, 0.2) is 42.9 Å². The number of aryl methyl sites for hydroxylation is 2. The molecule has 0 spiro atoms. The van der Waals surface area contributed by atoms with Crippen LogP contribution in [0, 0.1) is 13.8 Å². The first kappa shape index (κ1) is 17.2. The predicted octanol–water partition coefficient (Wildman–Crippen LogP) is 2.89. The number of nitrogens with zero attached hydrogens (tertiary/aromatic N) is 6. The smallest absolute Gasteiger partial charge is 0.263 e. The second-order valence-corrected chi connectivity index (χ2v) is 6.55. The first-order valence-electron chi connectivity index (χ1n) is 8.27. The Hall–Kier alpha value is -3.26. The number of hydrogen-bond acceptors (Lipinski definition) is 5. The average molecular weight is 382 g/mol. The zero-order valence-electron chi connectivity index (χ0n) is 14.7. The summed E-state index contributed by atoms with van der Waals surface area (Å²) in [6, 6.07) is 9.41. The number of halogens is 1. The van der Waals surface area contributed by atoms with E-state index >= 15 is 0 Å². The molecule has 1 amide bonds. The van der Waals surface area contributed by atoms with E-state index < -0.39 is 0 Å². The third-order valence-electron chi connectivity index (χ3n) is 4.07. The van der Waals surface area contributed by atoms with E-state index in [2.05, 4.69) is 25.5 Å². The number of nitrogens with one attached hydrogen (secondary N) is 1. The van der Waals surface area contributed by atoms with Gasteiger partial charge in [0.25, 0.3) is 5.91 Å². The van der Waals surface area contributed by atoms with Gasteiger partial charge in [-0.25, -0.2) is 19.2 Å². The van der Waals surface area contributed by atoms with Crippen LogP contribution in [0.1, 0.15) is 27.3 Å². The minimum absolute atomic E-state index is 0.204. The van der Waals surface area contributed by atoms with E-state index in [1.165, 1.54) is 6.20 Å². The standard InChI is InChI=1S/C18H16ClN7O/c1-11-7-12(2)26-16(22-11)14(8-21-26)17(27)23-18-20-10-25(24-18)9-13-5-3-4-6-15(13)19/h3-8,10H,9H2,1-2H3,(H,23,24,27). The van der Waals surface area contributed by atoms with Gasteiger partial charge in [-0.3, -0.25) is 10.1 Å². The monoisotopic (exact) mass is 381 g/mol. The number of benzene rings is 1. The second-order valence-electron chi connectivity index (χ2n) is 6.14. The van der Waals surface area contributed by atoms with Crippen molar-refractivity contribution in [2.24, 2.45) is 0 Å². The fourth-order valence-electron chi connectivity index (χ4n) is 2.83. The fraction of sp³-hybridized carbons (Fsp3) is 0.167. The Bertz CT molecular complexity index is 1150. The van der Waals surface area contributed by atoms with E-state index in [0.717, 1.165) is 17.0 Å². The summed E-state index contributed by atoms with van der Waals surface area (Å²) in [5, 5.41) is 11.8. The molecule has 0 fully saturated rings. The van der Waals surface area contributed by atoms with Crippen molar-refractivity contribution in [3.05, 3.63) is 70.4 Å². The lowest BCUT2D eigenvalue weighted by molar-refractivity contribution is 0.102. The molecule has 4 rings (SSSR count). The Morgan fingerprint density at radius 3 is 2.89 bits per heavy atom. The van der Waals surface area contributed by atoms with Crippen molar-refractivity contribution >= 4 is 29.1 Å². The van der Waals surface area contributed by atoms with Crippen LogP contribution in [0.25, 0.3) is 5.65 Å². The maximum absolute atomic E-state index is 12.6. The number of aromatic nitrogens is 6. The molecule has 136 valence electrons. The van der Waals surface area contributed by atoms with Crippen molar-refractivity contribution in [2.45, 2.75) is 20.4 Å². The maximum Gasteiger partial charge on any atom is 0.263 e. The molecule has 1 N–H and O–H groups in total. The Morgan fingerprint density at radius 1 is 1.26 bits per heavy atom. The topological polar surface area (TPSA) is 90.0 Å². The minimum atomic E-state index is -0.363. The lowest BCUT2D eigenvalue weighted by Gasteiger charge is -2.03. The fourth-order valence-corrected chi connectivity index (χ4v) is 3.02. The van der Waals surface area contributed by atoms with E-state index in [1.54, 1.807) is 15.5 Å². The van der Waals surface area contributed by atoms with Gasteiger partial charge in [0.15, 0.2) is 5.65 Å². The molecule has 3 heterocycles. The summed E-state index contributed by atoms with van der Waals surface area (Å²) in [4.78, 5) is 21.2. The van der Waals surface area contributed by atoms with Gasteiger partial charge in [0.1, 0.15) is 11.9 Å². The van der Waals surface area contributed by atoms with Gasteiger partial charge in [-0.1, -0.05) is 29.8 Å². The second kappa shape index (κ2) is 6.81. The van der Waals surface area contributed by atoms with Crippen LogP contribution in [-0.4, -0.2) is 35.3 Å². The highest BCUT2D eigenvalue weighted by atomic mass is 35.5. The van der Waals surface area contributed by atoms with Gasteiger partial charge < -0.3 is 0 Å². The third-order valence-corrected chi connectivity index (χ3v) is 4.44. The van der Waals surface area contributed by atoms with E-state index in [1.807, 2.05) is 44.2 Å². The molecule has 0 saturated carbocycles. The van der Waals surface area contributed by atoms with Crippen molar-refractivity contribution in [3.63, 3.8) is 0 Å². The van der Waals surface area contributed by atoms with Crippen molar-refractivity contribution < 1.29 is 4.79 Å². The molecule has 0 radical (unpaired) electrons. The van der Waals surface area contributed by atoms with Gasteiger partial charge in [0, 0.05) is 16.4 Å². The molecule has 0 aliphatic heterocycles. The molecular formula is C18H16ClN7O. The summed E-state index contributed by atoms with van der Waals surface area (Å²) < 4.78 is 3.24. The quantitative estimate of drug-likeness (QED) is 0.587. The highest BCUT2D eigenvalue weighted by Crippen LogP contribution is 2.16. The number of carbonyl (C=O) groups excluding carboxylic acids is 1. The lowest BCUT2D eigenvalue weighted by atomic mass is 10.2. The molecule has 0 saturated heterocycles. The largest absolute Gasteiger partial charge is 0.289 e. The molecule has 0 aliphatic rings. The molecule has 3 aromatic heterocycles. The third kappa shape index (κ3) is 3.39. The highest BCUT2D eigenvalue weighted by molar-refractivity contribution is 6.31. The maximum atomic E-state index is 12.6. The summed E-state index contributed by atoms with van der Waals surface area (Å²) in [5.41, 5.74) is 3.50. The summed E-state index contributed by atoms with van der Waals surface area (Å²) in [6.07, 6.45) is 3.03. The number of hydrogen-bond donors (Lipinski definition) is 1. The molecule has 0 atom stereocenters. The average Bonchev–Trinajstić information content (AvgIpc) is 3.24. The first-order chi connectivity index (χ1) is 13.0. The molecule has 4 aromatic rings.